The average Bonchev–Trinajstić information content (AvgIpc) is 2.03. The molecule has 0 amide bonds. The Morgan fingerprint density at radius 1 is 1.67 bits per heavy atom. The molecule has 0 aromatic carbocycles. The minimum absolute atomic E-state index is 0.0260. The van der Waals surface area contributed by atoms with E-state index in [-0.39, 0.29) is 12.6 Å². The highest BCUT2D eigenvalue weighted by Gasteiger charge is 2.20. The third-order valence-electron chi connectivity index (χ3n) is 2.05. The van der Waals surface area contributed by atoms with Gasteiger partial charge in [0.05, 0.1) is 6.54 Å². The third-order valence-corrected chi connectivity index (χ3v) is 2.05. The zero-order chi connectivity index (χ0) is 8.97. The molecule has 0 aliphatic carbocycles. The predicted octanol–water partition coefficient (Wildman–Crippen LogP) is -0.486. The van der Waals surface area contributed by atoms with Crippen molar-refractivity contribution >= 4 is 5.97 Å². The lowest BCUT2D eigenvalue weighted by molar-refractivity contribution is -0.138. The molecule has 1 atom stereocenters. The lowest BCUT2D eigenvalue weighted by atomic mass is 10.1. The molecule has 5 nitrogen and oxygen atoms in total. The van der Waals surface area contributed by atoms with Crippen LogP contribution >= 0.6 is 0 Å². The number of nitrogens with zero attached hydrogens (tertiary/aromatic N) is 1. The molecule has 5 heteroatoms. The number of hydroxylamine groups is 1. The van der Waals surface area contributed by atoms with Crippen molar-refractivity contribution in [3.05, 3.63) is 0 Å². The normalized spacial score (nSPS) is 25.6. The SMILES string of the molecule is O=C(O)CN1CCCC(NO)C1. The maximum atomic E-state index is 10.3. The van der Waals surface area contributed by atoms with Crippen molar-refractivity contribution in [2.45, 2.75) is 18.9 Å². The summed E-state index contributed by atoms with van der Waals surface area (Å²) in [5.74, 6) is -0.811. The van der Waals surface area contributed by atoms with Crippen LogP contribution in [0, 0.1) is 0 Å². The number of hydrogen-bond donors (Lipinski definition) is 3. The Bertz CT molecular complexity index is 163. The van der Waals surface area contributed by atoms with Gasteiger partial charge in [-0.3, -0.25) is 9.69 Å². The van der Waals surface area contributed by atoms with Crippen LogP contribution in [0.15, 0.2) is 0 Å². The average molecular weight is 174 g/mol. The first kappa shape index (κ1) is 9.44. The second-order valence-corrected chi connectivity index (χ2v) is 3.10. The van der Waals surface area contributed by atoms with Gasteiger partial charge in [0.25, 0.3) is 0 Å². The molecule has 1 rings (SSSR count). The number of likely N-dealkylation sites (tertiary alicyclic amines) is 1. The molecule has 70 valence electrons. The summed E-state index contributed by atoms with van der Waals surface area (Å²) in [6.07, 6.45) is 1.85. The van der Waals surface area contributed by atoms with Crippen LogP contribution in [0.1, 0.15) is 12.8 Å². The van der Waals surface area contributed by atoms with E-state index in [9.17, 15) is 4.79 Å². The van der Waals surface area contributed by atoms with Gasteiger partial charge in [0.2, 0.25) is 0 Å². The lowest BCUT2D eigenvalue weighted by Crippen LogP contribution is -2.46. The van der Waals surface area contributed by atoms with Gasteiger partial charge in [-0.25, -0.2) is 5.48 Å². The highest BCUT2D eigenvalue weighted by atomic mass is 16.5. The highest BCUT2D eigenvalue weighted by Crippen LogP contribution is 2.08. The fraction of sp³-hybridized carbons (Fsp3) is 0.857. The molecule has 1 fully saturated rings. The van der Waals surface area contributed by atoms with Gasteiger partial charge in [0.15, 0.2) is 0 Å². The van der Waals surface area contributed by atoms with Crippen LogP contribution in [0.25, 0.3) is 0 Å². The number of carboxylic acid groups (broad SMARTS) is 1. The Morgan fingerprint density at radius 2 is 2.42 bits per heavy atom. The summed E-state index contributed by atoms with van der Waals surface area (Å²) in [6.45, 7) is 1.49. The van der Waals surface area contributed by atoms with Crippen molar-refractivity contribution in [1.29, 1.82) is 0 Å². The Hall–Kier alpha value is -0.650. The monoisotopic (exact) mass is 174 g/mol. The number of nitrogens with one attached hydrogen (secondary N) is 1. The van der Waals surface area contributed by atoms with Gasteiger partial charge in [-0.2, -0.15) is 0 Å². The molecule has 0 radical (unpaired) electrons. The summed E-state index contributed by atoms with van der Waals surface area (Å²) in [7, 11) is 0. The van der Waals surface area contributed by atoms with E-state index in [0.717, 1.165) is 19.4 Å². The van der Waals surface area contributed by atoms with E-state index in [2.05, 4.69) is 5.48 Å². The van der Waals surface area contributed by atoms with E-state index in [1.807, 2.05) is 4.90 Å². The Kier molecular flexibility index (Phi) is 3.46. The minimum Gasteiger partial charge on any atom is -0.480 e. The molecule has 1 aliphatic heterocycles. The standard InChI is InChI=1S/C7H14N2O3/c10-7(11)5-9-3-1-2-6(4-9)8-12/h6,8,12H,1-5H2,(H,10,11). The third kappa shape index (κ3) is 2.77. The van der Waals surface area contributed by atoms with Crippen molar-refractivity contribution in [3.63, 3.8) is 0 Å². The molecule has 12 heavy (non-hydrogen) atoms. The fourth-order valence-corrected chi connectivity index (χ4v) is 1.50. The van der Waals surface area contributed by atoms with Gasteiger partial charge in [-0.1, -0.05) is 0 Å². The van der Waals surface area contributed by atoms with Crippen molar-refractivity contribution in [3.8, 4) is 0 Å². The molecule has 0 aromatic rings. The molecule has 0 saturated carbocycles. The van der Waals surface area contributed by atoms with Gasteiger partial charge in [0.1, 0.15) is 0 Å². The van der Waals surface area contributed by atoms with Crippen LogP contribution in [0.2, 0.25) is 0 Å². The lowest BCUT2D eigenvalue weighted by Gasteiger charge is -2.30. The number of rotatable bonds is 3. The maximum absolute atomic E-state index is 10.3. The molecule has 0 bridgehead atoms. The maximum Gasteiger partial charge on any atom is 0.317 e. The highest BCUT2D eigenvalue weighted by molar-refractivity contribution is 5.69. The summed E-state index contributed by atoms with van der Waals surface area (Å²) in [4.78, 5) is 12.2. The van der Waals surface area contributed by atoms with Crippen LogP contribution in [0.4, 0.5) is 0 Å². The number of carbonyl (C=O) groups is 1. The van der Waals surface area contributed by atoms with E-state index in [1.54, 1.807) is 0 Å². The summed E-state index contributed by atoms with van der Waals surface area (Å²) in [5, 5.41) is 17.1. The summed E-state index contributed by atoms with van der Waals surface area (Å²) >= 11 is 0. The topological polar surface area (TPSA) is 72.8 Å². The van der Waals surface area contributed by atoms with Crippen molar-refractivity contribution in [2.75, 3.05) is 19.6 Å². The van der Waals surface area contributed by atoms with E-state index in [4.69, 9.17) is 10.3 Å². The van der Waals surface area contributed by atoms with Gasteiger partial charge in [-0.05, 0) is 19.4 Å². The predicted molar refractivity (Wildman–Crippen MR) is 42.0 cm³/mol. The number of carboxylic acids is 1. The van der Waals surface area contributed by atoms with Crippen LogP contribution in [0.5, 0.6) is 0 Å². The van der Waals surface area contributed by atoms with Gasteiger partial charge >= 0.3 is 5.97 Å². The Labute approximate surface area is 70.9 Å². The molecule has 0 spiro atoms. The molecule has 0 aromatic heterocycles. The largest absolute Gasteiger partial charge is 0.480 e. The van der Waals surface area contributed by atoms with Crippen LogP contribution in [-0.2, 0) is 4.79 Å². The molecule has 1 saturated heterocycles. The number of piperidine rings is 1. The van der Waals surface area contributed by atoms with Crippen molar-refractivity contribution in [2.24, 2.45) is 0 Å². The number of hydrogen-bond acceptors (Lipinski definition) is 4. The Balaban J connectivity index is 2.30. The fourth-order valence-electron chi connectivity index (χ4n) is 1.50. The summed E-state index contributed by atoms with van der Waals surface area (Å²) < 4.78 is 0. The molecule has 1 heterocycles. The first-order valence-electron chi connectivity index (χ1n) is 4.06. The van der Waals surface area contributed by atoms with Crippen molar-refractivity contribution in [1.82, 2.24) is 10.4 Å². The molecular weight excluding hydrogens is 160 g/mol. The zero-order valence-electron chi connectivity index (χ0n) is 6.86. The zero-order valence-corrected chi connectivity index (χ0v) is 6.86. The second kappa shape index (κ2) is 4.39. The molecular formula is C7H14N2O3. The number of aliphatic carboxylic acids is 1. The van der Waals surface area contributed by atoms with Crippen LogP contribution in [0.3, 0.4) is 0 Å². The van der Waals surface area contributed by atoms with Gasteiger partial charge in [-0.15, -0.1) is 0 Å². The van der Waals surface area contributed by atoms with E-state index in [1.165, 1.54) is 0 Å². The summed E-state index contributed by atoms with van der Waals surface area (Å²) in [5.41, 5.74) is 2.17. The van der Waals surface area contributed by atoms with E-state index < -0.39 is 5.97 Å². The molecule has 1 aliphatic rings. The van der Waals surface area contributed by atoms with Crippen molar-refractivity contribution < 1.29 is 15.1 Å². The van der Waals surface area contributed by atoms with E-state index >= 15 is 0 Å². The Morgan fingerprint density at radius 3 is 3.00 bits per heavy atom. The van der Waals surface area contributed by atoms with E-state index in [0.29, 0.717) is 6.54 Å². The van der Waals surface area contributed by atoms with Gasteiger partial charge in [0, 0.05) is 12.6 Å². The molecule has 1 unspecified atom stereocenters. The van der Waals surface area contributed by atoms with Gasteiger partial charge < -0.3 is 10.3 Å². The summed E-state index contributed by atoms with van der Waals surface area (Å²) in [6, 6.07) is 0.0260. The van der Waals surface area contributed by atoms with Crippen LogP contribution in [-0.4, -0.2) is 46.9 Å². The smallest absolute Gasteiger partial charge is 0.317 e. The first-order valence-corrected chi connectivity index (χ1v) is 4.06. The van der Waals surface area contributed by atoms with Crippen LogP contribution < -0.4 is 5.48 Å². The second-order valence-electron chi connectivity index (χ2n) is 3.10. The molecule has 3 N–H and O–H groups in total. The first-order chi connectivity index (χ1) is 5.72. The minimum atomic E-state index is -0.811. The quantitative estimate of drug-likeness (QED) is 0.504.